The van der Waals surface area contributed by atoms with E-state index in [1.165, 1.54) is 12.3 Å². The van der Waals surface area contributed by atoms with Crippen molar-refractivity contribution in [1.82, 2.24) is 9.97 Å². The second kappa shape index (κ2) is 4.13. The number of carbonyl (C=O) groups is 1. The standard InChI is InChI=1S/C14H10N2O3/c17-13-3-1-2-10-9(13)6-12(16-10)11-5-4-8(7-15-11)14(18)19/h1-7,16-17H,(H,18,19). The lowest BCUT2D eigenvalue weighted by atomic mass is 10.2. The fourth-order valence-corrected chi connectivity index (χ4v) is 1.96. The zero-order valence-electron chi connectivity index (χ0n) is 9.79. The van der Waals surface area contributed by atoms with E-state index in [4.69, 9.17) is 5.11 Å². The summed E-state index contributed by atoms with van der Waals surface area (Å²) in [6, 6.07) is 10.1. The van der Waals surface area contributed by atoms with Gasteiger partial charge in [-0.3, -0.25) is 4.98 Å². The third-order valence-corrected chi connectivity index (χ3v) is 2.93. The van der Waals surface area contributed by atoms with Crippen LogP contribution in [0.5, 0.6) is 5.75 Å². The minimum absolute atomic E-state index is 0.141. The van der Waals surface area contributed by atoms with E-state index < -0.39 is 5.97 Å². The maximum Gasteiger partial charge on any atom is 0.337 e. The van der Waals surface area contributed by atoms with Crippen LogP contribution in [-0.4, -0.2) is 26.2 Å². The highest BCUT2D eigenvalue weighted by Gasteiger charge is 2.08. The molecule has 0 bridgehead atoms. The summed E-state index contributed by atoms with van der Waals surface area (Å²) in [5.74, 6) is -0.810. The number of aromatic carboxylic acids is 1. The Morgan fingerprint density at radius 2 is 2.05 bits per heavy atom. The number of phenolic OH excluding ortho intramolecular Hbond substituents is 1. The van der Waals surface area contributed by atoms with Gasteiger partial charge in [-0.1, -0.05) is 6.07 Å². The van der Waals surface area contributed by atoms with Gasteiger partial charge in [0.15, 0.2) is 0 Å². The molecule has 0 atom stereocenters. The fourth-order valence-electron chi connectivity index (χ4n) is 1.96. The highest BCUT2D eigenvalue weighted by molar-refractivity contribution is 5.91. The van der Waals surface area contributed by atoms with Crippen LogP contribution < -0.4 is 0 Å². The number of pyridine rings is 1. The van der Waals surface area contributed by atoms with Gasteiger partial charge in [0, 0.05) is 17.1 Å². The minimum Gasteiger partial charge on any atom is -0.507 e. The molecule has 0 aliphatic carbocycles. The van der Waals surface area contributed by atoms with Crippen LogP contribution in [0.2, 0.25) is 0 Å². The number of hydrogen-bond acceptors (Lipinski definition) is 3. The molecule has 94 valence electrons. The van der Waals surface area contributed by atoms with E-state index in [1.54, 1.807) is 24.3 Å². The van der Waals surface area contributed by atoms with Crippen LogP contribution in [0.25, 0.3) is 22.3 Å². The maximum absolute atomic E-state index is 10.8. The first kappa shape index (κ1) is 11.3. The Morgan fingerprint density at radius 3 is 2.68 bits per heavy atom. The van der Waals surface area contributed by atoms with Crippen molar-refractivity contribution in [2.75, 3.05) is 0 Å². The number of benzene rings is 1. The predicted octanol–water partition coefficient (Wildman–Crippen LogP) is 2.63. The van der Waals surface area contributed by atoms with Gasteiger partial charge in [-0.25, -0.2) is 4.79 Å². The molecule has 5 nitrogen and oxygen atoms in total. The van der Waals surface area contributed by atoms with Crippen LogP contribution >= 0.6 is 0 Å². The number of fused-ring (bicyclic) bond motifs is 1. The third-order valence-electron chi connectivity index (χ3n) is 2.93. The smallest absolute Gasteiger partial charge is 0.337 e. The predicted molar refractivity (Wildman–Crippen MR) is 70.2 cm³/mol. The third kappa shape index (κ3) is 1.91. The molecule has 3 aromatic rings. The molecule has 0 amide bonds. The molecule has 1 aromatic carbocycles. The average Bonchev–Trinajstić information content (AvgIpc) is 2.84. The van der Waals surface area contributed by atoms with E-state index in [0.717, 1.165) is 11.2 Å². The van der Waals surface area contributed by atoms with Crippen molar-refractivity contribution in [1.29, 1.82) is 0 Å². The monoisotopic (exact) mass is 254 g/mol. The molecular formula is C14H10N2O3. The summed E-state index contributed by atoms with van der Waals surface area (Å²) in [7, 11) is 0. The molecule has 0 unspecified atom stereocenters. The largest absolute Gasteiger partial charge is 0.507 e. The Kier molecular flexibility index (Phi) is 2.45. The number of aromatic nitrogens is 2. The Morgan fingerprint density at radius 1 is 1.21 bits per heavy atom. The van der Waals surface area contributed by atoms with E-state index in [2.05, 4.69) is 9.97 Å². The molecule has 0 radical (unpaired) electrons. The van der Waals surface area contributed by atoms with Crippen LogP contribution in [0.4, 0.5) is 0 Å². The van der Waals surface area contributed by atoms with Crippen LogP contribution in [0.15, 0.2) is 42.6 Å². The number of phenols is 1. The molecule has 2 aromatic heterocycles. The summed E-state index contributed by atoms with van der Waals surface area (Å²) < 4.78 is 0. The van der Waals surface area contributed by atoms with E-state index in [0.29, 0.717) is 11.1 Å². The molecule has 3 N–H and O–H groups in total. The van der Waals surface area contributed by atoms with Gasteiger partial charge in [0.05, 0.1) is 17.0 Å². The van der Waals surface area contributed by atoms with Gasteiger partial charge in [-0.2, -0.15) is 0 Å². The first-order chi connectivity index (χ1) is 9.15. The Bertz CT molecular complexity index is 760. The molecule has 0 aliphatic rings. The maximum atomic E-state index is 10.8. The van der Waals surface area contributed by atoms with Crippen molar-refractivity contribution in [2.45, 2.75) is 0 Å². The van der Waals surface area contributed by atoms with Crippen molar-refractivity contribution >= 4 is 16.9 Å². The number of H-pyrrole nitrogens is 1. The summed E-state index contributed by atoms with van der Waals surface area (Å²) in [5, 5.41) is 19.3. The molecule has 19 heavy (non-hydrogen) atoms. The quantitative estimate of drug-likeness (QED) is 0.656. The fraction of sp³-hybridized carbons (Fsp3) is 0. The number of rotatable bonds is 2. The molecule has 0 spiro atoms. The van der Waals surface area contributed by atoms with Gasteiger partial charge in [0.2, 0.25) is 0 Å². The summed E-state index contributed by atoms with van der Waals surface area (Å²) in [6.07, 6.45) is 1.31. The SMILES string of the molecule is O=C(O)c1ccc(-c2cc3c(O)cccc3[nH]2)nc1. The number of carboxylic acid groups (broad SMARTS) is 1. The van der Waals surface area contributed by atoms with Crippen LogP contribution in [0.3, 0.4) is 0 Å². The summed E-state index contributed by atoms with van der Waals surface area (Å²) in [5.41, 5.74) is 2.30. The minimum atomic E-state index is -1.01. The number of aromatic hydroxyl groups is 1. The topological polar surface area (TPSA) is 86.2 Å². The highest BCUT2D eigenvalue weighted by Crippen LogP contribution is 2.28. The lowest BCUT2D eigenvalue weighted by molar-refractivity contribution is 0.0696. The zero-order valence-corrected chi connectivity index (χ0v) is 9.79. The van der Waals surface area contributed by atoms with Crippen molar-refractivity contribution in [2.24, 2.45) is 0 Å². The molecule has 0 fully saturated rings. The lowest BCUT2D eigenvalue weighted by Gasteiger charge is -1.97. The zero-order chi connectivity index (χ0) is 13.4. The number of aromatic amines is 1. The first-order valence-electron chi connectivity index (χ1n) is 5.65. The van der Waals surface area contributed by atoms with Gasteiger partial charge in [-0.05, 0) is 30.3 Å². The van der Waals surface area contributed by atoms with Gasteiger partial charge < -0.3 is 15.2 Å². The Balaban J connectivity index is 2.09. The molecule has 2 heterocycles. The molecule has 0 saturated heterocycles. The number of nitrogens with zero attached hydrogens (tertiary/aromatic N) is 1. The first-order valence-corrected chi connectivity index (χ1v) is 5.65. The molecule has 3 rings (SSSR count). The summed E-state index contributed by atoms with van der Waals surface area (Å²) in [4.78, 5) is 18.0. The second-order valence-corrected chi connectivity index (χ2v) is 4.16. The van der Waals surface area contributed by atoms with E-state index >= 15 is 0 Å². The Hall–Kier alpha value is -2.82. The van der Waals surface area contributed by atoms with Crippen LogP contribution in [0.1, 0.15) is 10.4 Å². The van der Waals surface area contributed by atoms with Crippen molar-refractivity contribution in [3.63, 3.8) is 0 Å². The van der Waals surface area contributed by atoms with E-state index in [1.807, 2.05) is 6.07 Å². The van der Waals surface area contributed by atoms with Crippen LogP contribution in [-0.2, 0) is 0 Å². The van der Waals surface area contributed by atoms with Crippen LogP contribution in [0, 0.1) is 0 Å². The molecular weight excluding hydrogens is 244 g/mol. The van der Waals surface area contributed by atoms with E-state index in [-0.39, 0.29) is 11.3 Å². The number of nitrogens with one attached hydrogen (secondary N) is 1. The van der Waals surface area contributed by atoms with Crippen molar-refractivity contribution < 1.29 is 15.0 Å². The number of hydrogen-bond donors (Lipinski definition) is 3. The van der Waals surface area contributed by atoms with Crippen molar-refractivity contribution in [3.8, 4) is 17.1 Å². The van der Waals surface area contributed by atoms with Gasteiger partial charge in [0.25, 0.3) is 0 Å². The molecule has 5 heteroatoms. The molecule has 0 aliphatic heterocycles. The van der Waals surface area contributed by atoms with Gasteiger partial charge >= 0.3 is 5.97 Å². The van der Waals surface area contributed by atoms with Crippen molar-refractivity contribution in [3.05, 3.63) is 48.2 Å². The molecule has 0 saturated carbocycles. The van der Waals surface area contributed by atoms with E-state index in [9.17, 15) is 9.90 Å². The lowest BCUT2D eigenvalue weighted by Crippen LogP contribution is -1.97. The van der Waals surface area contributed by atoms with Gasteiger partial charge in [-0.15, -0.1) is 0 Å². The summed E-state index contributed by atoms with van der Waals surface area (Å²) in [6.45, 7) is 0. The van der Waals surface area contributed by atoms with Gasteiger partial charge in [0.1, 0.15) is 5.75 Å². The average molecular weight is 254 g/mol. The number of carboxylic acids is 1. The highest BCUT2D eigenvalue weighted by atomic mass is 16.4. The summed E-state index contributed by atoms with van der Waals surface area (Å²) >= 11 is 0. The second-order valence-electron chi connectivity index (χ2n) is 4.16. The normalized spacial score (nSPS) is 10.7. The Labute approximate surface area is 108 Å².